The first-order valence-corrected chi connectivity index (χ1v) is 8.22. The smallest absolute Gasteiger partial charge is 0.269 e. The Morgan fingerprint density at radius 3 is 2.46 bits per heavy atom. The summed E-state index contributed by atoms with van der Waals surface area (Å²) in [5, 5.41) is 17.6. The molecule has 1 heterocycles. The number of piperidine rings is 1. The molecule has 1 aliphatic heterocycles. The lowest BCUT2D eigenvalue weighted by molar-refractivity contribution is -0.384. The Bertz CT molecular complexity index is 654. The van der Waals surface area contributed by atoms with Gasteiger partial charge in [-0.05, 0) is 62.1 Å². The minimum atomic E-state index is -0.394. The summed E-state index contributed by atoms with van der Waals surface area (Å²) < 4.78 is 0. The molecule has 1 aromatic rings. The number of nitro benzene ring substituents is 1. The average Bonchev–Trinajstić information content (AvgIpc) is 2.59. The largest absolute Gasteiger partial charge is 0.355 e. The Kier molecular flexibility index (Phi) is 5.93. The molecule has 0 saturated carbocycles. The Labute approximate surface area is 143 Å². The van der Waals surface area contributed by atoms with E-state index in [1.165, 1.54) is 17.7 Å². The third-order valence-corrected chi connectivity index (χ3v) is 4.54. The molecule has 2 N–H and O–H groups in total. The van der Waals surface area contributed by atoms with E-state index in [0.717, 1.165) is 37.3 Å². The molecule has 24 heavy (non-hydrogen) atoms. The number of nitrogens with one attached hydrogen (secondary N) is 2. The van der Waals surface area contributed by atoms with E-state index in [2.05, 4.69) is 30.2 Å². The molecule has 0 bridgehead atoms. The van der Waals surface area contributed by atoms with Crippen LogP contribution in [0, 0.1) is 15.5 Å². The lowest BCUT2D eigenvalue weighted by atomic mass is 9.73. The van der Waals surface area contributed by atoms with Gasteiger partial charge in [-0.15, -0.1) is 0 Å². The summed E-state index contributed by atoms with van der Waals surface area (Å²) in [5.74, 6) is 0. The summed E-state index contributed by atoms with van der Waals surface area (Å²) in [7, 11) is 0. The first-order valence-electron chi connectivity index (χ1n) is 8.22. The van der Waals surface area contributed by atoms with Crippen LogP contribution in [-0.2, 0) is 0 Å². The molecule has 5 heteroatoms. The maximum Gasteiger partial charge on any atom is 0.269 e. The van der Waals surface area contributed by atoms with Crippen molar-refractivity contribution < 1.29 is 4.92 Å². The second-order valence-electron chi connectivity index (χ2n) is 6.27. The van der Waals surface area contributed by atoms with Gasteiger partial charge in [0.25, 0.3) is 5.69 Å². The highest BCUT2D eigenvalue weighted by Gasteiger charge is 2.31. The van der Waals surface area contributed by atoms with Crippen molar-refractivity contribution in [3.8, 4) is 0 Å². The summed E-state index contributed by atoms with van der Waals surface area (Å²) in [6.07, 6.45) is 8.13. The second-order valence-corrected chi connectivity index (χ2v) is 6.27. The number of anilines is 1. The summed E-state index contributed by atoms with van der Waals surface area (Å²) >= 11 is 0. The van der Waals surface area contributed by atoms with Crippen LogP contribution in [0.2, 0.25) is 0 Å². The van der Waals surface area contributed by atoms with Gasteiger partial charge in [-0.25, -0.2) is 0 Å². The third-order valence-electron chi connectivity index (χ3n) is 4.54. The Balaban J connectivity index is 2.35. The molecule has 0 amide bonds. The molecule has 0 unspecified atom stereocenters. The number of benzene rings is 1. The average molecular weight is 327 g/mol. The quantitative estimate of drug-likeness (QED) is 0.461. The molecule has 1 fully saturated rings. The van der Waals surface area contributed by atoms with Crippen LogP contribution in [0.1, 0.15) is 26.7 Å². The molecule has 1 aromatic carbocycles. The van der Waals surface area contributed by atoms with E-state index < -0.39 is 4.92 Å². The molecule has 0 aromatic heterocycles. The van der Waals surface area contributed by atoms with E-state index in [1.54, 1.807) is 12.1 Å². The summed E-state index contributed by atoms with van der Waals surface area (Å²) in [5.41, 5.74) is 3.15. The predicted molar refractivity (Wildman–Crippen MR) is 99.0 cm³/mol. The van der Waals surface area contributed by atoms with Crippen molar-refractivity contribution in [2.75, 3.05) is 18.4 Å². The maximum absolute atomic E-state index is 10.8. The minimum absolute atomic E-state index is 0.0784. The van der Waals surface area contributed by atoms with E-state index in [9.17, 15) is 10.1 Å². The van der Waals surface area contributed by atoms with Crippen molar-refractivity contribution in [2.45, 2.75) is 26.7 Å². The van der Waals surface area contributed by atoms with Crippen molar-refractivity contribution in [2.24, 2.45) is 5.41 Å². The van der Waals surface area contributed by atoms with Crippen molar-refractivity contribution in [3.05, 3.63) is 70.5 Å². The normalized spacial score (nSPS) is 18.1. The zero-order chi connectivity index (χ0) is 17.6. The Hall–Kier alpha value is -2.40. The predicted octanol–water partition coefficient (Wildman–Crippen LogP) is 4.41. The van der Waals surface area contributed by atoms with E-state index in [1.807, 2.05) is 19.1 Å². The van der Waals surface area contributed by atoms with E-state index in [4.69, 9.17) is 0 Å². The summed E-state index contributed by atoms with van der Waals surface area (Å²) in [4.78, 5) is 10.4. The van der Waals surface area contributed by atoms with Crippen LogP contribution in [0.4, 0.5) is 11.4 Å². The van der Waals surface area contributed by atoms with Gasteiger partial charge in [0.1, 0.15) is 0 Å². The lowest BCUT2D eigenvalue weighted by Crippen LogP contribution is -2.36. The lowest BCUT2D eigenvalue weighted by Gasteiger charge is -2.36. The van der Waals surface area contributed by atoms with Gasteiger partial charge in [0, 0.05) is 23.5 Å². The number of hydrogen-bond acceptors (Lipinski definition) is 4. The van der Waals surface area contributed by atoms with Crippen molar-refractivity contribution in [3.63, 3.8) is 0 Å². The Morgan fingerprint density at radius 1 is 1.33 bits per heavy atom. The summed E-state index contributed by atoms with van der Waals surface area (Å²) in [6, 6.07) is 6.45. The van der Waals surface area contributed by atoms with Gasteiger partial charge in [-0.1, -0.05) is 25.7 Å². The highest BCUT2D eigenvalue weighted by atomic mass is 16.6. The van der Waals surface area contributed by atoms with E-state index >= 15 is 0 Å². The van der Waals surface area contributed by atoms with Gasteiger partial charge < -0.3 is 10.6 Å². The topological polar surface area (TPSA) is 67.2 Å². The first-order chi connectivity index (χ1) is 11.5. The third kappa shape index (κ3) is 4.11. The van der Waals surface area contributed by atoms with Crippen LogP contribution in [0.3, 0.4) is 0 Å². The molecule has 128 valence electrons. The van der Waals surface area contributed by atoms with Gasteiger partial charge in [0.05, 0.1) is 4.92 Å². The molecule has 2 rings (SSSR count). The summed E-state index contributed by atoms with van der Waals surface area (Å²) in [6.45, 7) is 10.2. The minimum Gasteiger partial charge on any atom is -0.355 e. The zero-order valence-electron chi connectivity index (χ0n) is 14.3. The molecule has 1 aliphatic rings. The highest BCUT2D eigenvalue weighted by molar-refractivity contribution is 5.56. The van der Waals surface area contributed by atoms with Gasteiger partial charge in [0.2, 0.25) is 0 Å². The SMILES string of the molecule is C=C/C(Nc1ccc([N+](=O)[O-])cc1)=C(\C=C/C)C1(C)CCNCC1. The van der Waals surface area contributed by atoms with Crippen molar-refractivity contribution in [1.29, 1.82) is 0 Å². The van der Waals surface area contributed by atoms with Crippen LogP contribution in [0.15, 0.2) is 60.3 Å². The fourth-order valence-electron chi connectivity index (χ4n) is 3.08. The molecule has 1 saturated heterocycles. The van der Waals surface area contributed by atoms with Crippen LogP contribution < -0.4 is 10.6 Å². The van der Waals surface area contributed by atoms with Gasteiger partial charge in [-0.2, -0.15) is 0 Å². The molecular weight excluding hydrogens is 302 g/mol. The van der Waals surface area contributed by atoms with Crippen LogP contribution in [-0.4, -0.2) is 18.0 Å². The molecule has 0 spiro atoms. The number of rotatable bonds is 6. The van der Waals surface area contributed by atoms with E-state index in [-0.39, 0.29) is 11.1 Å². The standard InChI is InChI=1S/C19H25N3O2/c1-4-6-17(19(3)11-13-20-14-12-19)18(5-2)21-15-7-9-16(10-8-15)22(23)24/h4-10,20-21H,2,11-14H2,1,3H3/b6-4-,18-17-. The van der Waals surface area contributed by atoms with Crippen molar-refractivity contribution in [1.82, 2.24) is 5.32 Å². The van der Waals surface area contributed by atoms with Gasteiger partial charge >= 0.3 is 0 Å². The number of nitrogens with zero attached hydrogens (tertiary/aromatic N) is 1. The number of hydrogen-bond donors (Lipinski definition) is 2. The van der Waals surface area contributed by atoms with Gasteiger partial charge in [-0.3, -0.25) is 10.1 Å². The van der Waals surface area contributed by atoms with Crippen molar-refractivity contribution >= 4 is 11.4 Å². The molecule has 0 aliphatic carbocycles. The second kappa shape index (κ2) is 7.93. The highest BCUT2D eigenvalue weighted by Crippen LogP contribution is 2.39. The van der Waals surface area contributed by atoms with Crippen LogP contribution >= 0.6 is 0 Å². The zero-order valence-corrected chi connectivity index (χ0v) is 14.3. The fourth-order valence-corrected chi connectivity index (χ4v) is 3.08. The molecule has 0 radical (unpaired) electrons. The fraction of sp³-hybridized carbons (Fsp3) is 0.368. The van der Waals surface area contributed by atoms with Gasteiger partial charge in [0.15, 0.2) is 0 Å². The molecular formula is C19H25N3O2. The number of allylic oxidation sites excluding steroid dienone is 4. The maximum atomic E-state index is 10.8. The monoisotopic (exact) mass is 327 g/mol. The molecule has 0 atom stereocenters. The number of nitro groups is 1. The number of non-ortho nitro benzene ring substituents is 1. The van der Waals surface area contributed by atoms with Crippen LogP contribution in [0.25, 0.3) is 0 Å². The van der Waals surface area contributed by atoms with Crippen LogP contribution in [0.5, 0.6) is 0 Å². The van der Waals surface area contributed by atoms with E-state index in [0.29, 0.717) is 0 Å². The molecule has 5 nitrogen and oxygen atoms in total. The first kappa shape index (κ1) is 17.9. The Morgan fingerprint density at radius 2 is 1.96 bits per heavy atom.